The third-order valence-electron chi connectivity index (χ3n) is 0.854. The number of rotatable bonds is 3. The van der Waals surface area contributed by atoms with Gasteiger partial charge in [-0.1, -0.05) is 26.2 Å². The molecule has 0 saturated heterocycles. The van der Waals surface area contributed by atoms with E-state index in [0.717, 1.165) is 6.42 Å². The molecule has 0 aliphatic carbocycles. The average Bonchev–Trinajstić information content (AvgIpc) is 1.79. The van der Waals surface area contributed by atoms with Gasteiger partial charge in [-0.05, 0) is 0 Å². The minimum absolute atomic E-state index is 0. The summed E-state index contributed by atoms with van der Waals surface area (Å²) in [4.78, 5) is 13.9. The molecule has 6 heteroatoms. The summed E-state index contributed by atoms with van der Waals surface area (Å²) in [5.74, 6) is 0. The van der Waals surface area contributed by atoms with Crippen LogP contribution < -0.4 is 18.9 Å². The maximum absolute atomic E-state index is 10.4. The summed E-state index contributed by atoms with van der Waals surface area (Å²) >= 11 is 0. The van der Waals surface area contributed by atoms with Crippen molar-refractivity contribution in [1.29, 1.82) is 0 Å². The van der Waals surface area contributed by atoms with Crippen LogP contribution >= 0.6 is 7.91 Å². The van der Waals surface area contributed by atoms with Crippen LogP contribution in [-0.2, 0) is 4.57 Å². The van der Waals surface area contributed by atoms with Crippen molar-refractivity contribution in [3.63, 3.8) is 0 Å². The molecule has 0 saturated carbocycles. The Hall–Kier alpha value is 0.677. The molecule has 0 unspecified atom stereocenters. The molecule has 0 amide bonds. The summed E-state index contributed by atoms with van der Waals surface area (Å²) < 4.78 is 19.0. The summed E-state index contributed by atoms with van der Waals surface area (Å²) in [7, 11) is -5.14. The van der Waals surface area contributed by atoms with Crippen LogP contribution in [0.4, 0.5) is 4.20 Å². The first-order valence-corrected chi connectivity index (χ1v) is 4.96. The van der Waals surface area contributed by atoms with Crippen molar-refractivity contribution in [3.8, 4) is 0 Å². The summed E-state index contributed by atoms with van der Waals surface area (Å²) in [6.07, 6.45) is 5.07. The average molecular weight is 192 g/mol. The molecule has 12 heavy (non-hydrogen) atoms. The van der Waals surface area contributed by atoms with E-state index in [1.54, 1.807) is 0 Å². The van der Waals surface area contributed by atoms with Gasteiger partial charge >= 0.3 is 26.8 Å². The Morgan fingerprint density at radius 1 is 1.42 bits per heavy atom. The van der Waals surface area contributed by atoms with Crippen molar-refractivity contribution in [1.82, 2.24) is 0 Å². The zero-order valence-corrected chi connectivity index (χ0v) is 8.56. The molecule has 2 N–H and O–H groups in total. The van der Waals surface area contributed by atoms with Gasteiger partial charge in [-0.2, -0.15) is 6.42 Å². The molecule has 0 atom stereocenters. The summed E-state index contributed by atoms with van der Waals surface area (Å²) in [6, 6.07) is 0. The van der Waals surface area contributed by atoms with Gasteiger partial charge in [0.25, 0.3) is 0 Å². The molecule has 0 aromatic carbocycles. The molecular weight excluding hydrogens is 177 g/mol. The van der Waals surface area contributed by atoms with Gasteiger partial charge in [0.2, 0.25) is 0 Å². The van der Waals surface area contributed by atoms with Gasteiger partial charge in [0.05, 0.1) is 0 Å². The van der Waals surface area contributed by atoms with Crippen molar-refractivity contribution in [3.05, 3.63) is 6.92 Å². The van der Waals surface area contributed by atoms with Crippen LogP contribution in [0.25, 0.3) is 0 Å². The topological polar surface area (TPSA) is 57.5 Å². The van der Waals surface area contributed by atoms with Crippen LogP contribution in [0.1, 0.15) is 32.6 Å². The molecule has 0 aliphatic heterocycles. The van der Waals surface area contributed by atoms with Gasteiger partial charge in [0.1, 0.15) is 0 Å². The maximum atomic E-state index is 10.4. The molecule has 0 fully saturated rings. The quantitative estimate of drug-likeness (QED) is 0.273. The van der Waals surface area contributed by atoms with Gasteiger partial charge in [-0.3, -0.25) is 9.79 Å². The van der Waals surface area contributed by atoms with Gasteiger partial charge < -0.3 is 6.92 Å². The predicted octanol–water partition coefficient (Wildman–Crippen LogP) is -0.547. The molecule has 3 nitrogen and oxygen atoms in total. The largest absolute Gasteiger partial charge is 1.00 e. The Morgan fingerprint density at radius 3 is 1.83 bits per heavy atom. The van der Waals surface area contributed by atoms with Crippen LogP contribution in [0, 0.1) is 6.92 Å². The van der Waals surface area contributed by atoms with Crippen LogP contribution in [0.5, 0.6) is 0 Å². The first-order chi connectivity index (χ1) is 4.91. The van der Waals surface area contributed by atoms with Crippen molar-refractivity contribution >= 4 is 7.91 Å². The zero-order valence-electron chi connectivity index (χ0n) is 7.66. The van der Waals surface area contributed by atoms with Crippen molar-refractivity contribution in [2.45, 2.75) is 32.6 Å². The second-order valence-corrected chi connectivity index (χ2v) is 2.98. The Balaban J connectivity index is -0.000000126. The van der Waals surface area contributed by atoms with E-state index in [1.807, 2.05) is 0 Å². The standard InChI is InChI=1S/C6H13.FH2O3P.Li/c1-3-5-6-4-2;1-5(2,3)4;/h1,3-6H2,2H3;(H2,2,3,4);/q-1;;+1. The SMILES string of the molecule is O=P(O)(O)F.[CH2-]CCCCC.[Li+]. The molecule has 0 bridgehead atoms. The summed E-state index contributed by atoms with van der Waals surface area (Å²) in [6.45, 7) is 5.93. The molecule has 0 spiro atoms. The summed E-state index contributed by atoms with van der Waals surface area (Å²) in [5.41, 5.74) is 0. The fraction of sp³-hybridized carbons (Fsp3) is 0.833. The molecule has 0 aromatic heterocycles. The Bertz CT molecular complexity index is 105. The van der Waals surface area contributed by atoms with Crippen molar-refractivity contribution in [2.24, 2.45) is 0 Å². The Morgan fingerprint density at radius 2 is 1.75 bits per heavy atom. The first-order valence-electron chi connectivity index (χ1n) is 3.46. The predicted molar refractivity (Wildman–Crippen MR) is 42.7 cm³/mol. The van der Waals surface area contributed by atoms with Crippen molar-refractivity contribution in [2.75, 3.05) is 0 Å². The molecule has 70 valence electrons. The second kappa shape index (κ2) is 11.7. The number of unbranched alkanes of at least 4 members (excludes halogenated alkanes) is 3. The fourth-order valence-corrected chi connectivity index (χ4v) is 0.427. The van der Waals surface area contributed by atoms with Gasteiger partial charge in [-0.15, -0.1) is 4.20 Å². The van der Waals surface area contributed by atoms with E-state index >= 15 is 0 Å². The minimum atomic E-state index is -5.14. The Kier molecular flexibility index (Phi) is 18.0. The van der Waals surface area contributed by atoms with E-state index < -0.39 is 7.91 Å². The van der Waals surface area contributed by atoms with E-state index in [9.17, 15) is 4.20 Å². The van der Waals surface area contributed by atoms with Crippen LogP contribution in [0.2, 0.25) is 0 Å². The van der Waals surface area contributed by atoms with E-state index in [2.05, 4.69) is 13.8 Å². The zero-order chi connectivity index (χ0) is 9.33. The molecular formula is C6H15FLiO3P. The van der Waals surface area contributed by atoms with E-state index in [4.69, 9.17) is 14.4 Å². The first kappa shape index (κ1) is 18.5. The molecule has 0 aromatic rings. The van der Waals surface area contributed by atoms with Gasteiger partial charge in [0.15, 0.2) is 0 Å². The number of halogens is 1. The van der Waals surface area contributed by atoms with E-state index in [1.165, 1.54) is 19.3 Å². The maximum Gasteiger partial charge on any atom is 1.00 e. The number of hydrogen-bond acceptors (Lipinski definition) is 1. The third kappa shape index (κ3) is 73.9. The molecule has 0 heterocycles. The third-order valence-corrected chi connectivity index (χ3v) is 0.854. The molecule has 0 radical (unpaired) electrons. The fourth-order valence-electron chi connectivity index (χ4n) is 0.427. The minimum Gasteiger partial charge on any atom is -0.343 e. The van der Waals surface area contributed by atoms with Crippen LogP contribution in [0.15, 0.2) is 0 Å². The summed E-state index contributed by atoms with van der Waals surface area (Å²) in [5, 5.41) is 0. The Labute approximate surface area is 85.2 Å². The van der Waals surface area contributed by atoms with Gasteiger partial charge in [-0.25, -0.2) is 4.57 Å². The number of hydrogen-bond donors (Lipinski definition) is 2. The normalized spacial score (nSPS) is 9.42. The molecule has 0 aliphatic rings. The van der Waals surface area contributed by atoms with Crippen molar-refractivity contribution < 1.29 is 37.4 Å². The second-order valence-electron chi connectivity index (χ2n) is 2.03. The molecule has 0 rings (SSSR count). The smallest absolute Gasteiger partial charge is 0.343 e. The van der Waals surface area contributed by atoms with Crippen LogP contribution in [0.3, 0.4) is 0 Å². The monoisotopic (exact) mass is 192 g/mol. The van der Waals surface area contributed by atoms with E-state index in [-0.39, 0.29) is 18.9 Å². The van der Waals surface area contributed by atoms with Gasteiger partial charge in [0, 0.05) is 0 Å². The van der Waals surface area contributed by atoms with Crippen LogP contribution in [-0.4, -0.2) is 9.79 Å². The van der Waals surface area contributed by atoms with E-state index in [0.29, 0.717) is 0 Å².